The van der Waals surface area contributed by atoms with Crippen molar-refractivity contribution in [2.24, 2.45) is 0 Å². The van der Waals surface area contributed by atoms with Gasteiger partial charge in [0.25, 0.3) is 0 Å². The molecule has 0 heterocycles. The van der Waals surface area contributed by atoms with Gasteiger partial charge in [0.15, 0.2) is 0 Å². The zero-order valence-corrected chi connectivity index (χ0v) is 13.7. The van der Waals surface area contributed by atoms with Crippen molar-refractivity contribution in [1.29, 1.82) is 0 Å². The molecule has 0 rings (SSSR count). The Labute approximate surface area is 119 Å². The van der Waals surface area contributed by atoms with Crippen LogP contribution < -0.4 is 0 Å². The fraction of sp³-hybridized carbons (Fsp3) is 1.00. The molecule has 122 valence electrons. The molecule has 0 aromatic rings. The maximum atomic E-state index is 11.5. The van der Waals surface area contributed by atoms with Crippen molar-refractivity contribution >= 4 is 15.4 Å². The predicted octanol–water partition coefficient (Wildman–Crippen LogP) is 2.16. The van der Waals surface area contributed by atoms with E-state index in [0.29, 0.717) is 13.0 Å². The van der Waals surface area contributed by atoms with Gasteiger partial charge in [-0.25, -0.2) is 4.57 Å². The molecule has 8 nitrogen and oxygen atoms in total. The van der Waals surface area contributed by atoms with Gasteiger partial charge in [-0.15, -0.1) is 0 Å². The SMILES string of the molecule is CCCCOP(=O)(O)OCCOP(=O)(O)CCOCC. The molecule has 0 amide bonds. The Bertz CT molecular complexity index is 303. The van der Waals surface area contributed by atoms with Crippen molar-refractivity contribution in [3.8, 4) is 0 Å². The second-order valence-corrected chi connectivity index (χ2v) is 7.31. The molecule has 0 saturated carbocycles. The summed E-state index contributed by atoms with van der Waals surface area (Å²) in [5.74, 6) is 0. The molecule has 20 heavy (non-hydrogen) atoms. The number of ether oxygens (including phenoxy) is 1. The Kier molecular flexibility index (Phi) is 11.0. The standard InChI is InChI=1S/C10H24O8P2/c1-3-5-6-17-20(13,14)18-8-7-16-19(11,12)10-9-15-4-2/h3-10H2,1-2H3,(H,11,12)(H,13,14). The molecule has 0 aliphatic carbocycles. The van der Waals surface area contributed by atoms with Gasteiger partial charge in [0.1, 0.15) is 0 Å². The number of hydrogen-bond acceptors (Lipinski definition) is 6. The first-order chi connectivity index (χ1) is 9.33. The normalized spacial score (nSPS) is 17.6. The summed E-state index contributed by atoms with van der Waals surface area (Å²) >= 11 is 0. The van der Waals surface area contributed by atoms with Crippen molar-refractivity contribution in [1.82, 2.24) is 0 Å². The first-order valence-corrected chi connectivity index (χ1v) is 9.74. The molecule has 0 aromatic carbocycles. The molecule has 0 radical (unpaired) electrons. The van der Waals surface area contributed by atoms with Crippen LogP contribution in [0.2, 0.25) is 0 Å². The van der Waals surface area contributed by atoms with E-state index >= 15 is 0 Å². The Balaban J connectivity index is 3.77. The van der Waals surface area contributed by atoms with Gasteiger partial charge in [0.2, 0.25) is 0 Å². The molecular weight excluding hydrogens is 310 g/mol. The lowest BCUT2D eigenvalue weighted by molar-refractivity contribution is 0.120. The minimum atomic E-state index is -4.11. The van der Waals surface area contributed by atoms with E-state index in [2.05, 4.69) is 9.05 Å². The van der Waals surface area contributed by atoms with Crippen molar-refractivity contribution in [3.05, 3.63) is 0 Å². The summed E-state index contributed by atoms with van der Waals surface area (Å²) in [4.78, 5) is 18.6. The first kappa shape index (κ1) is 20.2. The number of rotatable bonds is 13. The molecule has 0 fully saturated rings. The zero-order chi connectivity index (χ0) is 15.5. The number of hydrogen-bond donors (Lipinski definition) is 2. The van der Waals surface area contributed by atoms with E-state index in [4.69, 9.17) is 9.26 Å². The third-order valence-electron chi connectivity index (χ3n) is 2.11. The maximum Gasteiger partial charge on any atom is 0.472 e. The van der Waals surface area contributed by atoms with Gasteiger partial charge in [-0.05, 0) is 13.3 Å². The summed E-state index contributed by atoms with van der Waals surface area (Å²) in [7, 11) is -7.85. The van der Waals surface area contributed by atoms with E-state index < -0.39 is 15.4 Å². The predicted molar refractivity (Wildman–Crippen MR) is 73.8 cm³/mol. The minimum Gasteiger partial charge on any atom is -0.381 e. The molecule has 0 bridgehead atoms. The van der Waals surface area contributed by atoms with Gasteiger partial charge < -0.3 is 19.0 Å². The molecule has 0 aliphatic rings. The van der Waals surface area contributed by atoms with E-state index in [0.717, 1.165) is 6.42 Å². The summed E-state index contributed by atoms with van der Waals surface area (Å²) < 4.78 is 41.7. The number of unbranched alkanes of at least 4 members (excludes halogenated alkanes) is 1. The largest absolute Gasteiger partial charge is 0.472 e. The molecule has 0 spiro atoms. The Morgan fingerprint density at radius 2 is 1.50 bits per heavy atom. The number of phosphoric acid groups is 1. The van der Waals surface area contributed by atoms with Crippen LogP contribution in [0.5, 0.6) is 0 Å². The third kappa shape index (κ3) is 12.0. The summed E-state index contributed by atoms with van der Waals surface area (Å²) in [5, 5.41) is 0. The van der Waals surface area contributed by atoms with Crippen LogP contribution in [0.3, 0.4) is 0 Å². The topological polar surface area (TPSA) is 112 Å². The van der Waals surface area contributed by atoms with Crippen LogP contribution in [0.1, 0.15) is 26.7 Å². The molecule has 0 aromatic heterocycles. The van der Waals surface area contributed by atoms with Gasteiger partial charge in [-0.2, -0.15) is 0 Å². The smallest absolute Gasteiger partial charge is 0.381 e. The van der Waals surface area contributed by atoms with E-state index in [-0.39, 0.29) is 32.6 Å². The fourth-order valence-corrected chi connectivity index (χ4v) is 2.67. The highest BCUT2D eigenvalue weighted by Gasteiger charge is 2.22. The second kappa shape index (κ2) is 10.9. The van der Waals surface area contributed by atoms with Gasteiger partial charge in [-0.3, -0.25) is 13.6 Å². The van der Waals surface area contributed by atoms with Crippen LogP contribution in [-0.2, 0) is 27.4 Å². The highest BCUT2D eigenvalue weighted by molar-refractivity contribution is 7.52. The maximum absolute atomic E-state index is 11.5. The lowest BCUT2D eigenvalue weighted by Crippen LogP contribution is -2.07. The second-order valence-electron chi connectivity index (χ2n) is 3.88. The average Bonchev–Trinajstić information content (AvgIpc) is 2.35. The molecule has 2 N–H and O–H groups in total. The molecule has 0 saturated heterocycles. The van der Waals surface area contributed by atoms with Gasteiger partial charge >= 0.3 is 15.4 Å². The van der Waals surface area contributed by atoms with Gasteiger partial charge in [-0.1, -0.05) is 13.3 Å². The number of phosphoric ester groups is 1. The highest BCUT2D eigenvalue weighted by atomic mass is 31.2. The average molecular weight is 334 g/mol. The van der Waals surface area contributed by atoms with Crippen LogP contribution in [0, 0.1) is 0 Å². The molecule has 2 unspecified atom stereocenters. The van der Waals surface area contributed by atoms with Crippen LogP contribution in [0.4, 0.5) is 0 Å². The van der Waals surface area contributed by atoms with E-state index in [1.807, 2.05) is 6.92 Å². The monoisotopic (exact) mass is 334 g/mol. The fourth-order valence-electron chi connectivity index (χ4n) is 1.08. The third-order valence-corrected chi connectivity index (χ3v) is 4.46. The molecular formula is C10H24O8P2. The molecule has 10 heteroatoms. The van der Waals surface area contributed by atoms with Crippen molar-refractivity contribution in [3.63, 3.8) is 0 Å². The van der Waals surface area contributed by atoms with E-state index in [1.54, 1.807) is 6.92 Å². The van der Waals surface area contributed by atoms with Crippen molar-refractivity contribution in [2.45, 2.75) is 26.7 Å². The van der Waals surface area contributed by atoms with Crippen LogP contribution >= 0.6 is 15.4 Å². The molecule has 2 atom stereocenters. The summed E-state index contributed by atoms with van der Waals surface area (Å²) in [5.41, 5.74) is 0. The Hall–Kier alpha value is 0.220. The first-order valence-electron chi connectivity index (χ1n) is 6.49. The zero-order valence-electron chi connectivity index (χ0n) is 11.9. The Morgan fingerprint density at radius 3 is 2.10 bits per heavy atom. The van der Waals surface area contributed by atoms with Crippen LogP contribution in [0.25, 0.3) is 0 Å². The highest BCUT2D eigenvalue weighted by Crippen LogP contribution is 2.44. The summed E-state index contributed by atoms with van der Waals surface area (Å²) in [6.45, 7) is 3.80. The van der Waals surface area contributed by atoms with Crippen LogP contribution in [0.15, 0.2) is 0 Å². The Morgan fingerprint density at radius 1 is 0.900 bits per heavy atom. The molecule has 0 aliphatic heterocycles. The van der Waals surface area contributed by atoms with Crippen molar-refractivity contribution < 1.29 is 37.2 Å². The van der Waals surface area contributed by atoms with E-state index in [9.17, 15) is 18.9 Å². The van der Waals surface area contributed by atoms with E-state index in [1.165, 1.54) is 0 Å². The van der Waals surface area contributed by atoms with Crippen LogP contribution in [-0.4, -0.2) is 49.0 Å². The quantitative estimate of drug-likeness (QED) is 0.389. The van der Waals surface area contributed by atoms with Gasteiger partial charge in [0.05, 0.1) is 32.6 Å². The summed E-state index contributed by atoms with van der Waals surface area (Å²) in [6, 6.07) is 0. The van der Waals surface area contributed by atoms with Crippen molar-refractivity contribution in [2.75, 3.05) is 39.2 Å². The lowest BCUT2D eigenvalue weighted by Gasteiger charge is -2.14. The van der Waals surface area contributed by atoms with Gasteiger partial charge in [0, 0.05) is 6.61 Å². The lowest BCUT2D eigenvalue weighted by atomic mass is 10.4. The minimum absolute atomic E-state index is 0.115. The summed E-state index contributed by atoms with van der Waals surface area (Å²) in [6.07, 6.45) is 1.34.